The number of hydrogen-bond donors (Lipinski definition) is 1. The lowest BCUT2D eigenvalue weighted by molar-refractivity contribution is -0.160. The average molecular weight is 444 g/mol. The zero-order valence-electron chi connectivity index (χ0n) is 41.3. The molecule has 0 bridgehead atoms. The van der Waals surface area contributed by atoms with E-state index in [4.69, 9.17) is 44.6 Å². The molecule has 168 valence electrons. The van der Waals surface area contributed by atoms with Crippen molar-refractivity contribution in [3.63, 3.8) is 0 Å². The van der Waals surface area contributed by atoms with Gasteiger partial charge in [0.1, 0.15) is 12.1 Å². The zero-order valence-corrected chi connectivity index (χ0v) is 16.3. The number of carbonyl (C=O) groups is 1. The van der Waals surface area contributed by atoms with E-state index in [9.17, 15) is 14.4 Å². The Kier molecular flexibility index (Phi) is 2.18. The number of piperidine rings is 1. The van der Waals surface area contributed by atoms with Gasteiger partial charge in [-0.15, -0.1) is 0 Å². The number of esters is 1. The normalized spacial score (nSPS) is 56.3. The minimum absolute atomic E-state index is 0.221. The Hall–Kier alpha value is -1.79. The van der Waals surface area contributed by atoms with Crippen LogP contribution in [-0.2, 0) is 15.9 Å². The molecule has 2 aliphatic heterocycles. The second-order valence-electron chi connectivity index (χ2n) is 6.04. The highest BCUT2D eigenvalue weighted by Gasteiger charge is 2.41. The Morgan fingerprint density at radius 1 is 1.40 bits per heavy atom. The second-order valence-corrected chi connectivity index (χ2v) is 6.04. The highest BCUT2D eigenvalue weighted by molar-refractivity contribution is 5.76. The van der Waals surface area contributed by atoms with Crippen molar-refractivity contribution in [2.45, 2.75) is 64.7 Å². The number of benzene rings is 1. The predicted molar refractivity (Wildman–Crippen MR) is 118 cm³/mol. The third-order valence-corrected chi connectivity index (χ3v) is 3.98. The molecule has 2 aliphatic rings. The van der Waals surface area contributed by atoms with Gasteiger partial charge in [-0.3, -0.25) is 9.69 Å². The first-order valence-electron chi connectivity index (χ1n) is 21.0. The van der Waals surface area contributed by atoms with E-state index in [-0.39, 0.29) is 12.7 Å². The van der Waals surface area contributed by atoms with Crippen molar-refractivity contribution < 1.29 is 53.3 Å². The molecule has 0 saturated carbocycles. The number of ether oxygens (including phenoxy) is 3. The van der Waals surface area contributed by atoms with E-state index in [2.05, 4.69) is 0 Å². The van der Waals surface area contributed by atoms with Gasteiger partial charge in [0, 0.05) is 61.4 Å². The first-order chi connectivity index (χ1) is 23.9. The summed E-state index contributed by atoms with van der Waals surface area (Å²) < 4.78 is 229. The van der Waals surface area contributed by atoms with E-state index in [0.29, 0.717) is 12.1 Å². The lowest BCUT2D eigenvalue weighted by Gasteiger charge is -2.47. The zero-order chi connectivity index (χ0) is 44.0. The molecule has 1 saturated heterocycles. The summed E-state index contributed by atoms with van der Waals surface area (Å²) in [5.41, 5.74) is 3.43. The van der Waals surface area contributed by atoms with Crippen LogP contribution in [0.15, 0.2) is 12.1 Å². The Morgan fingerprint density at radius 3 is 2.80 bits per heavy atom. The molecule has 0 aliphatic carbocycles. The molecule has 1 fully saturated rings. The number of fused-ring (bicyclic) bond motifs is 3. The highest BCUT2D eigenvalue weighted by atomic mass is 16.5. The first kappa shape index (κ1) is 6.85. The lowest BCUT2D eigenvalue weighted by Crippen LogP contribution is -2.51. The molecule has 0 amide bonds. The molecule has 30 heavy (non-hydrogen) atoms. The number of rotatable bonds is 7. The van der Waals surface area contributed by atoms with Crippen LogP contribution in [0, 0.1) is 17.7 Å². The van der Waals surface area contributed by atoms with Crippen LogP contribution in [0.1, 0.15) is 91.6 Å². The van der Waals surface area contributed by atoms with Gasteiger partial charge in [-0.05, 0) is 47.8 Å². The van der Waals surface area contributed by atoms with Crippen LogP contribution in [0.4, 0.5) is 0 Å². The molecular formula is C24H38N2O4. The number of nitrogens with two attached hydrogens (primary N) is 1. The molecule has 6 nitrogen and oxygen atoms in total. The average Bonchev–Trinajstić information content (AvgIpc) is 2.99. The fourth-order valence-electron chi connectivity index (χ4n) is 2.61. The van der Waals surface area contributed by atoms with Crippen LogP contribution in [0.5, 0.6) is 11.5 Å². The van der Waals surface area contributed by atoms with Gasteiger partial charge in [0.05, 0.1) is 18.3 Å². The van der Waals surface area contributed by atoms with Crippen molar-refractivity contribution in [2.75, 3.05) is 27.2 Å². The molecule has 0 radical (unpaired) electrons. The van der Waals surface area contributed by atoms with Gasteiger partial charge < -0.3 is 19.9 Å². The SMILES string of the molecule is [2H]C([2H])([2H])C([2H])(C)C([2H])([2H])C1([2H])C([2H])([2H])N2C([2H])([2H])C([2H])([2H])c3cc(OC)c(OC)cc3C2([2H])C([2H])([2H])C1([2H])OC(=O)[C@@]([2H])(N)C([2H])(C([2H])([2H])[2H])C([2H])([2H])[2H]. The molecule has 0 aromatic heterocycles. The minimum atomic E-state index is -5.02. The Bertz CT molecular complexity index is 1710. The number of hydrogen-bond acceptors (Lipinski definition) is 6. The van der Waals surface area contributed by atoms with E-state index in [0.717, 1.165) is 14.2 Å². The van der Waals surface area contributed by atoms with Crippen molar-refractivity contribution in [1.82, 2.24) is 4.90 Å². The van der Waals surface area contributed by atoms with Gasteiger partial charge in [0.15, 0.2) is 11.5 Å². The van der Waals surface area contributed by atoms with Crippen LogP contribution in [0.2, 0.25) is 0 Å². The van der Waals surface area contributed by atoms with E-state index in [1.807, 2.05) is 0 Å². The molecule has 4 unspecified atom stereocenters. The van der Waals surface area contributed by atoms with Gasteiger partial charge in [-0.25, -0.2) is 0 Å². The fraction of sp³-hybridized carbons (Fsp3) is 0.708. The summed E-state index contributed by atoms with van der Waals surface area (Å²) in [7, 11) is 2.03. The number of carbonyl (C=O) groups excluding carboxylic acids is 1. The van der Waals surface area contributed by atoms with Gasteiger partial charge in [-0.1, -0.05) is 27.5 Å². The summed E-state index contributed by atoms with van der Waals surface area (Å²) in [5.74, 6) is -17.2. The molecule has 2 N–H and O–H groups in total. The summed E-state index contributed by atoms with van der Waals surface area (Å²) >= 11 is 0. The quantitative estimate of drug-likeness (QED) is 0.650. The summed E-state index contributed by atoms with van der Waals surface area (Å²) in [4.78, 5) is 13.3. The van der Waals surface area contributed by atoms with Gasteiger partial charge in [0.25, 0.3) is 0 Å². The summed E-state index contributed by atoms with van der Waals surface area (Å²) in [5, 5.41) is 0. The predicted octanol–water partition coefficient (Wildman–Crippen LogP) is 3.56. The second kappa shape index (κ2) is 9.56. The van der Waals surface area contributed by atoms with Crippen molar-refractivity contribution in [1.29, 1.82) is 0 Å². The molecule has 2 heterocycles. The van der Waals surface area contributed by atoms with E-state index in [1.54, 1.807) is 0 Å². The summed E-state index contributed by atoms with van der Waals surface area (Å²) in [6, 6.07) is -7.30. The standard InChI is InChI=1S/C24H38N2O4/c1-14(2)9-17-13-26-8-7-16-10-21(28-5)22(29-6)11-18(16)19(26)12-20(17)30-24(27)23(25)15(3)4/h10-11,14-15,17,19-20,23H,7-9,12-13,25H2,1-6H3/t17?,19?,20?,23-/m0/s1/i1D3,3D3,4D3,7D2,8D2,9D2,12D2,13D2,14D,15D,17D,19D,20D,23D/t14?,17?,19?,20?,23-. The molecular weight excluding hydrogens is 380 g/mol. The van der Waals surface area contributed by atoms with Crippen LogP contribution in [-0.4, -0.2) is 50.2 Å². The first-order valence-corrected chi connectivity index (χ1v) is 8.45. The van der Waals surface area contributed by atoms with Gasteiger partial charge in [0.2, 0.25) is 0 Å². The maximum atomic E-state index is 14.0. The number of methoxy groups -OCH3 is 2. The molecule has 6 heteroatoms. The molecule has 1 aromatic carbocycles. The van der Waals surface area contributed by atoms with Gasteiger partial charge in [-0.2, -0.15) is 0 Å². The van der Waals surface area contributed by atoms with Crippen molar-refractivity contribution in [3.8, 4) is 11.5 Å². The fourth-order valence-corrected chi connectivity index (χ4v) is 2.61. The Morgan fingerprint density at radius 2 is 2.13 bits per heavy atom. The largest absolute Gasteiger partial charge is 0.493 e. The Balaban J connectivity index is 2.75. The lowest BCUT2D eigenvalue weighted by atomic mass is 9.79. The van der Waals surface area contributed by atoms with Crippen LogP contribution < -0.4 is 15.2 Å². The van der Waals surface area contributed by atoms with Crippen LogP contribution >= 0.6 is 0 Å². The maximum absolute atomic E-state index is 14.0. The molecule has 0 spiro atoms. The topological polar surface area (TPSA) is 74.0 Å². The third kappa shape index (κ3) is 4.75. The molecule has 3 rings (SSSR count). The van der Waals surface area contributed by atoms with E-state index < -0.39 is 116 Å². The van der Waals surface area contributed by atoms with Crippen LogP contribution in [0.3, 0.4) is 0 Å². The smallest absolute Gasteiger partial charge is 0.323 e. The maximum Gasteiger partial charge on any atom is 0.323 e. The molecule has 5 atom stereocenters. The summed E-state index contributed by atoms with van der Waals surface area (Å²) in [6.45, 7) is -21.1. The number of aryl methyl sites for hydroxylation is 1. The number of nitrogens with zero attached hydrogens (tertiary/aromatic N) is 1. The van der Waals surface area contributed by atoms with E-state index >= 15 is 0 Å². The minimum Gasteiger partial charge on any atom is -0.493 e. The van der Waals surface area contributed by atoms with Crippen LogP contribution in [0.25, 0.3) is 0 Å². The van der Waals surface area contributed by atoms with E-state index in [1.165, 1.54) is 0 Å². The third-order valence-electron chi connectivity index (χ3n) is 3.98. The molecule has 1 aromatic rings. The van der Waals surface area contributed by atoms with Crippen molar-refractivity contribution >= 4 is 5.97 Å². The van der Waals surface area contributed by atoms with Crippen molar-refractivity contribution in [3.05, 3.63) is 23.3 Å². The highest BCUT2D eigenvalue weighted by Crippen LogP contribution is 2.44. The van der Waals surface area contributed by atoms with Crippen molar-refractivity contribution in [2.24, 2.45) is 23.4 Å². The van der Waals surface area contributed by atoms with Gasteiger partial charge >= 0.3 is 5.97 Å². The Labute approximate surface area is 216 Å². The monoisotopic (exact) mass is 443 g/mol. The summed E-state index contributed by atoms with van der Waals surface area (Å²) in [6.07, 6.45) is -18.0.